The lowest BCUT2D eigenvalue weighted by Crippen LogP contribution is -2.32. The molecule has 0 saturated carbocycles. The summed E-state index contributed by atoms with van der Waals surface area (Å²) >= 11 is 0. The van der Waals surface area contributed by atoms with E-state index in [2.05, 4.69) is 78.0 Å². The number of benzene rings is 9. The first kappa shape index (κ1) is 98.8. The van der Waals surface area contributed by atoms with Crippen molar-refractivity contribution in [2.45, 2.75) is 93.1 Å². The van der Waals surface area contributed by atoms with E-state index in [1.807, 2.05) is 246 Å². The minimum Gasteiger partial charge on any atom is -0.481 e. The van der Waals surface area contributed by atoms with Crippen molar-refractivity contribution in [1.82, 2.24) is 103 Å². The van der Waals surface area contributed by atoms with E-state index < -0.39 is 24.2 Å². The monoisotopic (exact) mass is 1990 g/mol. The molecule has 0 spiro atoms. The second kappa shape index (κ2) is 42.5. The van der Waals surface area contributed by atoms with Gasteiger partial charge in [0.2, 0.25) is 11.8 Å². The Hall–Kier alpha value is -19.9. The zero-order chi connectivity index (χ0) is 105. The first-order valence-corrected chi connectivity index (χ1v) is 48.0. The van der Waals surface area contributed by atoms with Gasteiger partial charge in [0.05, 0.1) is 93.8 Å². The minimum absolute atomic E-state index is 0.152. The molecule has 0 unspecified atom stereocenters. The topological polar surface area (TPSA) is 420 Å². The summed E-state index contributed by atoms with van der Waals surface area (Å²) in [6, 6.07) is 84.9. The molecule has 13 aromatic heterocycles. The van der Waals surface area contributed by atoms with Gasteiger partial charge in [0.25, 0.3) is 45.9 Å². The third kappa shape index (κ3) is 19.4. The van der Waals surface area contributed by atoms with Gasteiger partial charge in [-0.3, -0.25) is 61.4 Å². The number of fused-ring (bicyclic) bond motifs is 8. The van der Waals surface area contributed by atoms with Gasteiger partial charge in [-0.25, -0.2) is 43.0 Å². The second-order valence-corrected chi connectivity index (χ2v) is 35.7. The molecule has 13 heterocycles. The average Bonchev–Trinajstić information content (AvgIpc) is 1.02. The van der Waals surface area contributed by atoms with Gasteiger partial charge >= 0.3 is 0 Å². The molecule has 742 valence electrons. The summed E-state index contributed by atoms with van der Waals surface area (Å²) in [6.07, 6.45) is 15.2. The lowest BCUT2D eigenvalue weighted by atomic mass is 9.97. The normalized spacial score (nSPS) is 12.0. The highest BCUT2D eigenvalue weighted by Gasteiger charge is 2.31. The number of hydrogen-bond acceptors (Lipinski definition) is 21. The maximum absolute atomic E-state index is 14.4. The van der Waals surface area contributed by atoms with E-state index >= 15 is 0 Å². The summed E-state index contributed by atoms with van der Waals surface area (Å²) in [6.45, 7) is 15.7. The number of aromatic nitrogens is 17. The van der Waals surface area contributed by atoms with Crippen molar-refractivity contribution in [3.05, 3.63) is 455 Å². The molecular weight excluding hydrogens is 1890 g/mol. The van der Waals surface area contributed by atoms with Crippen LogP contribution in [0, 0.1) is 39.0 Å². The summed E-state index contributed by atoms with van der Waals surface area (Å²) < 4.78 is 18.0. The van der Waals surface area contributed by atoms with E-state index in [0.717, 1.165) is 33.0 Å². The maximum Gasteiger partial charge on any atom is 0.264 e. The van der Waals surface area contributed by atoms with Crippen molar-refractivity contribution in [2.75, 3.05) is 12.4 Å². The number of hydrogen-bond donors (Lipinski definition) is 6. The van der Waals surface area contributed by atoms with Crippen molar-refractivity contribution < 1.29 is 33.8 Å². The van der Waals surface area contributed by atoms with Crippen LogP contribution in [-0.2, 0) is 11.4 Å². The summed E-state index contributed by atoms with van der Waals surface area (Å²) in [5.41, 5.74) is 14.6. The number of pyridine rings is 5. The largest absolute Gasteiger partial charge is 0.481 e. The van der Waals surface area contributed by atoms with Crippen LogP contribution in [0.5, 0.6) is 5.88 Å². The summed E-state index contributed by atoms with van der Waals surface area (Å²) in [5, 5.41) is 56.7. The second-order valence-electron chi connectivity index (χ2n) is 35.7. The Kier molecular flexibility index (Phi) is 28.0. The van der Waals surface area contributed by atoms with Crippen LogP contribution in [0.2, 0.25) is 0 Å². The minimum atomic E-state index is -0.534. The van der Waals surface area contributed by atoms with Crippen molar-refractivity contribution in [3.8, 4) is 57.0 Å². The van der Waals surface area contributed by atoms with Crippen molar-refractivity contribution in [1.29, 1.82) is 5.26 Å². The molecule has 0 fully saturated rings. The number of ether oxygens (including phenoxy) is 1. The van der Waals surface area contributed by atoms with Crippen LogP contribution in [0.25, 0.3) is 111 Å². The van der Waals surface area contributed by atoms with E-state index in [1.54, 1.807) is 188 Å². The van der Waals surface area contributed by atoms with Crippen LogP contribution in [0.1, 0.15) is 157 Å². The lowest BCUT2D eigenvalue weighted by molar-refractivity contribution is -0.114. The van der Waals surface area contributed by atoms with E-state index in [9.17, 15) is 53.5 Å². The summed E-state index contributed by atoms with van der Waals surface area (Å²) in [4.78, 5) is 143. The number of aliphatic hydroxyl groups excluding tert-OH is 1. The highest BCUT2D eigenvalue weighted by atomic mass is 16.5. The molecule has 0 radical (unpaired) electrons. The van der Waals surface area contributed by atoms with Crippen molar-refractivity contribution >= 4 is 101 Å². The van der Waals surface area contributed by atoms with Gasteiger partial charge in [-0.15, -0.1) is 0 Å². The molecule has 0 aliphatic heterocycles. The molecule has 5 amide bonds. The van der Waals surface area contributed by atoms with Gasteiger partial charge < -0.3 is 36.4 Å². The predicted octanol–water partition coefficient (Wildman–Crippen LogP) is 17.4. The number of para-hydroxylation sites is 4. The molecule has 6 N–H and O–H groups in total. The van der Waals surface area contributed by atoms with Gasteiger partial charge in [-0.1, -0.05) is 152 Å². The van der Waals surface area contributed by atoms with Crippen LogP contribution in [0.4, 0.5) is 5.69 Å². The number of aryl methyl sites for hydroxylation is 4. The Balaban J connectivity index is 0.000000126. The number of nitrogens with one attached hydrogen (secondary N) is 5. The van der Waals surface area contributed by atoms with Crippen LogP contribution in [0.3, 0.4) is 0 Å². The molecule has 9 aromatic carbocycles. The molecule has 34 nitrogen and oxygen atoms in total. The third-order valence-corrected chi connectivity index (χ3v) is 25.9. The molecule has 0 aliphatic rings. The van der Waals surface area contributed by atoms with Gasteiger partial charge in [0, 0.05) is 126 Å². The molecule has 34 heteroatoms. The highest BCUT2D eigenvalue weighted by Crippen LogP contribution is 2.36. The first-order chi connectivity index (χ1) is 72.8. The Bertz CT molecular complexity index is 9340. The number of nitrogens with zero attached hydrogens (tertiary/aromatic N) is 18. The lowest BCUT2D eigenvalue weighted by Gasteiger charge is -2.22. The predicted molar refractivity (Wildman–Crippen MR) is 573 cm³/mol. The summed E-state index contributed by atoms with van der Waals surface area (Å²) in [7, 11) is 1.56. The van der Waals surface area contributed by atoms with Crippen molar-refractivity contribution in [2.24, 2.45) is 0 Å². The number of aliphatic hydroxyl groups is 1. The van der Waals surface area contributed by atoms with Gasteiger partial charge in [-0.2, -0.15) is 25.7 Å². The molecule has 0 aliphatic carbocycles. The number of carbonyl (C=O) groups is 5. The fourth-order valence-corrected chi connectivity index (χ4v) is 19.0. The van der Waals surface area contributed by atoms with E-state index in [4.69, 9.17) is 4.74 Å². The molecular formula is C116H97N23O11. The molecule has 0 saturated heterocycles. The van der Waals surface area contributed by atoms with Crippen LogP contribution in [0.15, 0.2) is 354 Å². The van der Waals surface area contributed by atoms with Crippen molar-refractivity contribution in [3.63, 3.8) is 0 Å². The number of amides is 5. The fourth-order valence-electron chi connectivity index (χ4n) is 19.0. The molecule has 150 heavy (non-hydrogen) atoms. The molecule has 4 atom stereocenters. The maximum atomic E-state index is 14.4. The van der Waals surface area contributed by atoms with Crippen LogP contribution >= 0.6 is 0 Å². The number of nitriles is 1. The zero-order valence-electron chi connectivity index (χ0n) is 82.9. The van der Waals surface area contributed by atoms with Crippen LogP contribution < -0.4 is 53.6 Å². The quantitative estimate of drug-likeness (QED) is 0.0389. The number of anilines is 1. The van der Waals surface area contributed by atoms with E-state index in [0.29, 0.717) is 168 Å². The molecule has 22 aromatic rings. The number of carbonyl (C=O) groups excluding carboxylic acids is 5. The first-order valence-electron chi connectivity index (χ1n) is 48.0. The third-order valence-electron chi connectivity index (χ3n) is 25.9. The summed E-state index contributed by atoms with van der Waals surface area (Å²) in [5.74, 6) is -0.959. The Morgan fingerprint density at radius 1 is 0.360 bits per heavy atom. The number of methoxy groups -OCH3 is 1. The van der Waals surface area contributed by atoms with Gasteiger partial charge in [0.15, 0.2) is 22.6 Å². The standard InChI is InChI=1S/C33H28N6O3.C31H26N6O3.C26H20N6O2.C26H23N5O3/c1-20(35-32(41)29-21(2)37-38-18-8-17-34-31(29)38)28-19-24-9-7-12-27(23-13-15-25(16-14-23)36-22(3)40)30(24)33(42)39(28)26-10-5-4-6-11-26;1-19(34-30(38)27-20(2)35-36-16-8-15-32-29(27)36)25-17-21-9-7-12-24(22-13-14-26(40-3)33-18-22)28(21)31(39)37(25)23-10-5-4-6-11-23;1-16(29-25(33)22-17(2)30-31-13-7-12-28-24(22)31)21-14-18-8-6-9-19(15-27)23(18)26(34)32(21)20-10-4-3-5-11-20;1-16(28-25(33)22-17(2)29-30-13-7-12-27-24(22)30)21-14-18-8-6-9-19(15-32)23(18)26(34)31(21)20-10-4-3-5-11-20/h4-20H,1-3H3,(H,35,41)(H,36,40);4-19H,1-3H3,(H,34,38);3-14,16H,1-2H3,(H,29,33);3-14,16,32H,15H2,1-2H3,(H,28,33)/t20-;19-;2*16-/m0000/s1. The Morgan fingerprint density at radius 3 is 0.987 bits per heavy atom. The fraction of sp³-hybridized carbons (Fsp3) is 0.129. The Labute approximate surface area is 855 Å². The zero-order valence-corrected chi connectivity index (χ0v) is 82.9. The number of rotatable bonds is 21. The molecule has 0 bridgehead atoms. The smallest absolute Gasteiger partial charge is 0.264 e. The Morgan fingerprint density at radius 2 is 0.667 bits per heavy atom. The van der Waals surface area contributed by atoms with Gasteiger partial charge in [-0.05, 0) is 221 Å². The molecule has 22 rings (SSSR count). The SMILES string of the molecule is CC(=O)Nc1ccc(-c2cccc3cc([C@H](C)NC(=O)c4c(C)nn5cccnc45)n(-c4ccccc4)c(=O)c23)cc1.COc1ccc(-c2cccc3cc([C@H](C)NC(=O)c4c(C)nn5cccnc45)n(-c4ccccc4)c(=O)c23)cn1.Cc1nn2cccnc2c1C(=O)N[C@@H](C)c1cc2cccc(C#N)c2c(=O)n1-c1ccccc1.Cc1nn2cccnc2c1C(=O)N[C@@H](C)c1cc2cccc(CO)c2c(=O)n1-c1ccccc1. The van der Waals surface area contributed by atoms with Gasteiger partial charge in [0.1, 0.15) is 22.3 Å². The van der Waals surface area contributed by atoms with E-state index in [-0.39, 0.29) is 58.4 Å². The average molecular weight is 1990 g/mol. The van der Waals surface area contributed by atoms with Crippen LogP contribution in [-0.4, -0.2) is 123 Å². The highest BCUT2D eigenvalue weighted by molar-refractivity contribution is 6.05. The van der Waals surface area contributed by atoms with E-state index in [1.165, 1.54) is 6.92 Å².